The molecule has 2 N–H and O–H groups in total. The van der Waals surface area contributed by atoms with Crippen molar-refractivity contribution in [1.29, 1.82) is 0 Å². The SMILES string of the molecule is O=C(CCc1cc(Cl)cs1)NC(CO)c1ccccc1. The van der Waals surface area contributed by atoms with E-state index in [1.165, 1.54) is 0 Å². The molecule has 5 heteroatoms. The minimum Gasteiger partial charge on any atom is -0.394 e. The van der Waals surface area contributed by atoms with Crippen molar-refractivity contribution in [3.63, 3.8) is 0 Å². The Morgan fingerprint density at radius 2 is 2.10 bits per heavy atom. The van der Waals surface area contributed by atoms with Crippen molar-refractivity contribution in [2.75, 3.05) is 6.61 Å². The molecular formula is C15H16ClNO2S. The number of aryl methyl sites for hydroxylation is 1. The summed E-state index contributed by atoms with van der Waals surface area (Å²) < 4.78 is 0. The van der Waals surface area contributed by atoms with E-state index in [0.717, 1.165) is 10.4 Å². The number of benzene rings is 1. The fourth-order valence-electron chi connectivity index (χ4n) is 1.91. The molecule has 0 radical (unpaired) electrons. The number of rotatable bonds is 6. The summed E-state index contributed by atoms with van der Waals surface area (Å²) in [5.74, 6) is -0.0718. The van der Waals surface area contributed by atoms with Crippen molar-refractivity contribution < 1.29 is 9.90 Å². The van der Waals surface area contributed by atoms with E-state index in [-0.39, 0.29) is 18.6 Å². The lowest BCUT2D eigenvalue weighted by Crippen LogP contribution is -2.30. The van der Waals surface area contributed by atoms with Gasteiger partial charge in [0.05, 0.1) is 17.7 Å². The first-order valence-electron chi connectivity index (χ1n) is 6.37. The van der Waals surface area contributed by atoms with Crippen molar-refractivity contribution in [3.8, 4) is 0 Å². The van der Waals surface area contributed by atoms with E-state index >= 15 is 0 Å². The average Bonchev–Trinajstić information content (AvgIpc) is 2.89. The number of thiophene rings is 1. The van der Waals surface area contributed by atoms with Crippen molar-refractivity contribution in [3.05, 3.63) is 57.2 Å². The molecule has 0 bridgehead atoms. The van der Waals surface area contributed by atoms with Gasteiger partial charge in [-0.05, 0) is 18.1 Å². The Labute approximate surface area is 127 Å². The fourth-order valence-corrected chi connectivity index (χ4v) is 2.98. The summed E-state index contributed by atoms with van der Waals surface area (Å²) >= 11 is 7.39. The first kappa shape index (κ1) is 15.0. The van der Waals surface area contributed by atoms with Crippen LogP contribution in [0.5, 0.6) is 0 Å². The molecule has 0 aliphatic carbocycles. The van der Waals surface area contributed by atoms with Gasteiger partial charge in [-0.3, -0.25) is 4.79 Å². The number of aliphatic hydroxyl groups is 1. The Morgan fingerprint density at radius 1 is 1.35 bits per heavy atom. The molecule has 20 heavy (non-hydrogen) atoms. The average molecular weight is 310 g/mol. The molecule has 2 rings (SSSR count). The van der Waals surface area contributed by atoms with Gasteiger partial charge in [-0.2, -0.15) is 0 Å². The summed E-state index contributed by atoms with van der Waals surface area (Å²) in [6.07, 6.45) is 1.05. The molecule has 106 valence electrons. The van der Waals surface area contributed by atoms with Gasteiger partial charge in [0, 0.05) is 16.7 Å². The summed E-state index contributed by atoms with van der Waals surface area (Å²) in [5.41, 5.74) is 0.905. The van der Waals surface area contributed by atoms with Crippen molar-refractivity contribution in [2.45, 2.75) is 18.9 Å². The molecule has 1 aromatic carbocycles. The lowest BCUT2D eigenvalue weighted by atomic mass is 10.1. The number of hydrogen-bond acceptors (Lipinski definition) is 3. The van der Waals surface area contributed by atoms with Crippen LogP contribution in [-0.4, -0.2) is 17.6 Å². The lowest BCUT2D eigenvalue weighted by molar-refractivity contribution is -0.122. The van der Waals surface area contributed by atoms with E-state index in [4.69, 9.17) is 11.6 Å². The van der Waals surface area contributed by atoms with Crippen LogP contribution in [-0.2, 0) is 11.2 Å². The van der Waals surface area contributed by atoms with E-state index < -0.39 is 0 Å². The van der Waals surface area contributed by atoms with Gasteiger partial charge in [-0.15, -0.1) is 11.3 Å². The maximum atomic E-state index is 11.9. The largest absolute Gasteiger partial charge is 0.394 e. The number of hydrogen-bond donors (Lipinski definition) is 2. The molecule has 0 fully saturated rings. The third-order valence-electron chi connectivity index (χ3n) is 2.94. The number of carbonyl (C=O) groups excluding carboxylic acids is 1. The maximum Gasteiger partial charge on any atom is 0.220 e. The fraction of sp³-hybridized carbons (Fsp3) is 0.267. The molecular weight excluding hydrogens is 294 g/mol. The molecule has 0 aliphatic heterocycles. The predicted octanol–water partition coefficient (Wildman–Crippen LogP) is 3.18. The van der Waals surface area contributed by atoms with E-state index in [1.807, 2.05) is 41.8 Å². The molecule has 1 amide bonds. The Morgan fingerprint density at radius 3 is 2.70 bits per heavy atom. The van der Waals surface area contributed by atoms with Crippen LogP contribution in [0, 0.1) is 0 Å². The van der Waals surface area contributed by atoms with Crippen LogP contribution < -0.4 is 5.32 Å². The van der Waals surface area contributed by atoms with E-state index in [1.54, 1.807) is 11.3 Å². The van der Waals surface area contributed by atoms with Crippen LogP contribution in [0.3, 0.4) is 0 Å². The van der Waals surface area contributed by atoms with Gasteiger partial charge in [0.25, 0.3) is 0 Å². The number of aliphatic hydroxyl groups excluding tert-OH is 1. The third kappa shape index (κ3) is 4.34. The number of nitrogens with one attached hydrogen (secondary N) is 1. The summed E-state index contributed by atoms with van der Waals surface area (Å²) in [5, 5.41) is 14.8. The zero-order valence-electron chi connectivity index (χ0n) is 10.9. The zero-order valence-corrected chi connectivity index (χ0v) is 12.5. The van der Waals surface area contributed by atoms with Crippen molar-refractivity contribution >= 4 is 28.8 Å². The first-order valence-corrected chi connectivity index (χ1v) is 7.63. The van der Waals surface area contributed by atoms with E-state index in [9.17, 15) is 9.90 Å². The molecule has 1 aromatic heterocycles. The standard InChI is InChI=1S/C15H16ClNO2S/c16-12-8-13(20-10-12)6-7-15(19)17-14(9-18)11-4-2-1-3-5-11/h1-5,8,10,14,18H,6-7,9H2,(H,17,19). The Balaban J connectivity index is 1.86. The minimum atomic E-state index is -0.351. The molecule has 0 saturated heterocycles. The van der Waals surface area contributed by atoms with Crippen LogP contribution in [0.4, 0.5) is 0 Å². The van der Waals surface area contributed by atoms with Crippen molar-refractivity contribution in [1.82, 2.24) is 5.32 Å². The van der Waals surface area contributed by atoms with Crippen LogP contribution in [0.2, 0.25) is 5.02 Å². The smallest absolute Gasteiger partial charge is 0.220 e. The quantitative estimate of drug-likeness (QED) is 0.861. The molecule has 0 spiro atoms. The van der Waals surface area contributed by atoms with Gasteiger partial charge >= 0.3 is 0 Å². The second-order valence-electron chi connectivity index (χ2n) is 4.44. The Hall–Kier alpha value is -1.36. The van der Waals surface area contributed by atoms with Crippen LogP contribution in [0.1, 0.15) is 22.9 Å². The second kappa shape index (κ2) is 7.43. The minimum absolute atomic E-state index is 0.0718. The first-order chi connectivity index (χ1) is 9.69. The highest BCUT2D eigenvalue weighted by atomic mass is 35.5. The van der Waals surface area contributed by atoms with Crippen LogP contribution >= 0.6 is 22.9 Å². The number of carbonyl (C=O) groups is 1. The van der Waals surface area contributed by atoms with Gasteiger partial charge < -0.3 is 10.4 Å². The highest BCUT2D eigenvalue weighted by molar-refractivity contribution is 7.10. The highest BCUT2D eigenvalue weighted by Crippen LogP contribution is 2.20. The topological polar surface area (TPSA) is 49.3 Å². The van der Waals surface area contributed by atoms with Gasteiger partial charge in [-0.1, -0.05) is 41.9 Å². The van der Waals surface area contributed by atoms with Crippen LogP contribution in [0.15, 0.2) is 41.8 Å². The molecule has 2 aromatic rings. The van der Waals surface area contributed by atoms with Crippen LogP contribution in [0.25, 0.3) is 0 Å². The summed E-state index contributed by atoms with van der Waals surface area (Å²) in [4.78, 5) is 13.0. The van der Waals surface area contributed by atoms with Gasteiger partial charge in [-0.25, -0.2) is 0 Å². The Bertz CT molecular complexity index is 556. The molecule has 1 unspecified atom stereocenters. The zero-order chi connectivity index (χ0) is 14.4. The number of halogens is 1. The van der Waals surface area contributed by atoms with Gasteiger partial charge in [0.1, 0.15) is 0 Å². The normalized spacial score (nSPS) is 12.1. The summed E-state index contributed by atoms with van der Waals surface area (Å²) in [7, 11) is 0. The van der Waals surface area contributed by atoms with E-state index in [0.29, 0.717) is 17.9 Å². The third-order valence-corrected chi connectivity index (χ3v) is 4.28. The van der Waals surface area contributed by atoms with E-state index in [2.05, 4.69) is 5.32 Å². The second-order valence-corrected chi connectivity index (χ2v) is 5.88. The summed E-state index contributed by atoms with van der Waals surface area (Å²) in [6, 6.07) is 11.0. The monoisotopic (exact) mass is 309 g/mol. The lowest BCUT2D eigenvalue weighted by Gasteiger charge is -2.16. The molecule has 1 heterocycles. The maximum absolute atomic E-state index is 11.9. The summed E-state index contributed by atoms with van der Waals surface area (Å²) in [6.45, 7) is -0.111. The van der Waals surface area contributed by atoms with Crippen molar-refractivity contribution in [2.24, 2.45) is 0 Å². The molecule has 0 saturated carbocycles. The molecule has 3 nitrogen and oxygen atoms in total. The molecule has 0 aliphatic rings. The van der Waals surface area contributed by atoms with Gasteiger partial charge in [0.15, 0.2) is 0 Å². The van der Waals surface area contributed by atoms with Gasteiger partial charge in [0.2, 0.25) is 5.91 Å². The molecule has 1 atom stereocenters. The predicted molar refractivity (Wildman–Crippen MR) is 82.1 cm³/mol. The highest BCUT2D eigenvalue weighted by Gasteiger charge is 2.13. The Kier molecular flexibility index (Phi) is 5.59. The number of amides is 1.